The fraction of sp³-hybridized carbons (Fsp3) is 0.222. The topological polar surface area (TPSA) is 66.5 Å². The number of benzene rings is 3. The third-order valence-electron chi connectivity index (χ3n) is 6.54. The van der Waals surface area contributed by atoms with Gasteiger partial charge in [0.15, 0.2) is 0 Å². The molecule has 5 nitrogen and oxygen atoms in total. The first kappa shape index (κ1) is 21.9. The Morgan fingerprint density at radius 3 is 2.50 bits per heavy atom. The van der Waals surface area contributed by atoms with Gasteiger partial charge in [0, 0.05) is 12.6 Å². The van der Waals surface area contributed by atoms with Crippen LogP contribution in [0.15, 0.2) is 66.7 Å². The number of nitrogens with zero attached hydrogens (tertiary/aromatic N) is 1. The standard InChI is InChI=1S/C27H22F2N2O3/c28-19-11-12-24(22(29)14-19)31-15-21(25(32)27(31)34)26(33)30-23-8-4-7-17-9-10-18(13-20(17)23)16-5-2-1-3-6-16/h1-3,5-6,9-14,21,23H,4,7-8,15H2,(H,30,33). The Balaban J connectivity index is 1.37. The molecule has 0 bridgehead atoms. The fourth-order valence-electron chi connectivity index (χ4n) is 4.77. The van der Waals surface area contributed by atoms with Gasteiger partial charge >= 0.3 is 0 Å². The molecule has 0 spiro atoms. The highest BCUT2D eigenvalue weighted by atomic mass is 19.1. The second-order valence-corrected chi connectivity index (χ2v) is 8.66. The number of anilines is 1. The van der Waals surface area contributed by atoms with Crippen molar-refractivity contribution in [1.82, 2.24) is 5.32 Å². The maximum atomic E-state index is 14.2. The number of carbonyl (C=O) groups excluding carboxylic acids is 3. The predicted molar refractivity (Wildman–Crippen MR) is 123 cm³/mol. The SMILES string of the molecule is O=C(NC1CCCc2ccc(-c3ccccc3)cc21)C1CN(c2ccc(F)cc2F)C(=O)C1=O. The van der Waals surface area contributed by atoms with Crippen LogP contribution in [0.5, 0.6) is 0 Å². The molecule has 1 saturated heterocycles. The maximum Gasteiger partial charge on any atom is 0.295 e. The van der Waals surface area contributed by atoms with Gasteiger partial charge in [0.2, 0.25) is 11.7 Å². The third-order valence-corrected chi connectivity index (χ3v) is 6.54. The number of hydrogen-bond donors (Lipinski definition) is 1. The van der Waals surface area contributed by atoms with E-state index in [-0.39, 0.29) is 18.3 Å². The molecular formula is C27H22F2N2O3. The number of Topliss-reactive ketones (excluding diaryl/α,β-unsaturated/α-hetero) is 1. The lowest BCUT2D eigenvalue weighted by molar-refractivity contribution is -0.139. The highest BCUT2D eigenvalue weighted by Crippen LogP contribution is 2.34. The van der Waals surface area contributed by atoms with Crippen LogP contribution in [-0.2, 0) is 20.8 Å². The number of aryl methyl sites for hydroxylation is 1. The average molecular weight is 460 g/mol. The van der Waals surface area contributed by atoms with Crippen molar-refractivity contribution in [3.8, 4) is 11.1 Å². The molecule has 3 aromatic rings. The minimum absolute atomic E-state index is 0.217. The van der Waals surface area contributed by atoms with E-state index < -0.39 is 35.1 Å². The molecule has 2 unspecified atom stereocenters. The van der Waals surface area contributed by atoms with Crippen molar-refractivity contribution in [2.24, 2.45) is 5.92 Å². The molecule has 0 radical (unpaired) electrons. The Hall–Kier alpha value is -3.87. The molecule has 0 aromatic heterocycles. The summed E-state index contributed by atoms with van der Waals surface area (Å²) in [4.78, 5) is 39.1. The number of ketones is 1. The van der Waals surface area contributed by atoms with Gasteiger partial charge in [-0.1, -0.05) is 42.5 Å². The molecule has 1 heterocycles. The number of amides is 2. The maximum absolute atomic E-state index is 14.2. The lowest BCUT2D eigenvalue weighted by Gasteiger charge is -2.28. The average Bonchev–Trinajstić information content (AvgIpc) is 3.14. The van der Waals surface area contributed by atoms with Crippen molar-refractivity contribution in [2.45, 2.75) is 25.3 Å². The van der Waals surface area contributed by atoms with Crippen LogP contribution < -0.4 is 10.2 Å². The van der Waals surface area contributed by atoms with Gasteiger partial charge in [-0.15, -0.1) is 0 Å². The Morgan fingerprint density at radius 2 is 1.74 bits per heavy atom. The predicted octanol–water partition coefficient (Wildman–Crippen LogP) is 4.36. The van der Waals surface area contributed by atoms with Crippen molar-refractivity contribution < 1.29 is 23.2 Å². The highest BCUT2D eigenvalue weighted by molar-refractivity contribution is 6.47. The zero-order valence-electron chi connectivity index (χ0n) is 18.3. The van der Waals surface area contributed by atoms with E-state index in [4.69, 9.17) is 0 Å². The second-order valence-electron chi connectivity index (χ2n) is 8.66. The summed E-state index contributed by atoms with van der Waals surface area (Å²) < 4.78 is 27.5. The Morgan fingerprint density at radius 1 is 0.941 bits per heavy atom. The quantitative estimate of drug-likeness (QED) is 0.465. The third kappa shape index (κ3) is 3.98. The van der Waals surface area contributed by atoms with Gasteiger partial charge in [-0.2, -0.15) is 0 Å². The van der Waals surface area contributed by atoms with Crippen molar-refractivity contribution >= 4 is 23.3 Å². The molecule has 2 atom stereocenters. The molecule has 3 aromatic carbocycles. The molecule has 1 fully saturated rings. The first-order valence-corrected chi connectivity index (χ1v) is 11.2. The van der Waals surface area contributed by atoms with E-state index in [1.54, 1.807) is 0 Å². The minimum atomic E-state index is -1.25. The van der Waals surface area contributed by atoms with Crippen LogP contribution in [0.4, 0.5) is 14.5 Å². The van der Waals surface area contributed by atoms with E-state index in [9.17, 15) is 23.2 Å². The molecule has 34 heavy (non-hydrogen) atoms. The van der Waals surface area contributed by atoms with E-state index in [1.807, 2.05) is 30.3 Å². The summed E-state index contributed by atoms with van der Waals surface area (Å²) >= 11 is 0. The van der Waals surface area contributed by atoms with Crippen molar-refractivity contribution in [3.05, 3.63) is 89.5 Å². The number of rotatable bonds is 4. The highest BCUT2D eigenvalue weighted by Gasteiger charge is 2.45. The molecule has 7 heteroatoms. The molecule has 172 valence electrons. The minimum Gasteiger partial charge on any atom is -0.349 e. The van der Waals surface area contributed by atoms with Crippen LogP contribution in [0.3, 0.4) is 0 Å². The van der Waals surface area contributed by atoms with Gasteiger partial charge < -0.3 is 10.2 Å². The van der Waals surface area contributed by atoms with Gasteiger partial charge in [0.1, 0.15) is 17.6 Å². The largest absolute Gasteiger partial charge is 0.349 e. The summed E-state index contributed by atoms with van der Waals surface area (Å²) in [5.74, 6) is -5.43. The van der Waals surface area contributed by atoms with Crippen LogP contribution in [0.1, 0.15) is 30.0 Å². The Bertz CT molecular complexity index is 1290. The molecule has 1 aliphatic heterocycles. The normalized spacial score (nSPS) is 19.8. The molecule has 5 rings (SSSR count). The Kier molecular flexibility index (Phi) is 5.69. The lowest BCUT2D eigenvalue weighted by Crippen LogP contribution is -2.39. The van der Waals surface area contributed by atoms with E-state index in [1.165, 1.54) is 0 Å². The summed E-state index contributed by atoms with van der Waals surface area (Å²) in [6.07, 6.45) is 2.49. The summed E-state index contributed by atoms with van der Waals surface area (Å²) in [5.41, 5.74) is 4.02. The van der Waals surface area contributed by atoms with Crippen molar-refractivity contribution in [2.75, 3.05) is 11.4 Å². The first-order valence-electron chi connectivity index (χ1n) is 11.2. The van der Waals surface area contributed by atoms with Crippen molar-refractivity contribution in [3.63, 3.8) is 0 Å². The number of fused-ring (bicyclic) bond motifs is 1. The first-order chi connectivity index (χ1) is 16.4. The molecule has 2 amide bonds. The van der Waals surface area contributed by atoms with Crippen LogP contribution in [0, 0.1) is 17.6 Å². The van der Waals surface area contributed by atoms with Crippen LogP contribution in [0.2, 0.25) is 0 Å². The molecule has 0 saturated carbocycles. The number of nitrogens with one attached hydrogen (secondary N) is 1. The zero-order valence-corrected chi connectivity index (χ0v) is 18.3. The van der Waals surface area contributed by atoms with Gasteiger partial charge in [-0.3, -0.25) is 14.4 Å². The number of hydrogen-bond acceptors (Lipinski definition) is 3. The Labute approximate surface area is 195 Å². The van der Waals surface area contributed by atoms with E-state index in [0.29, 0.717) is 12.5 Å². The van der Waals surface area contributed by atoms with Crippen LogP contribution in [-0.4, -0.2) is 24.1 Å². The summed E-state index contributed by atoms with van der Waals surface area (Å²) in [6, 6.07) is 18.6. The van der Waals surface area contributed by atoms with E-state index >= 15 is 0 Å². The van der Waals surface area contributed by atoms with Gasteiger partial charge in [-0.25, -0.2) is 8.78 Å². The zero-order chi connectivity index (χ0) is 23.8. The monoisotopic (exact) mass is 460 g/mol. The second kappa shape index (κ2) is 8.82. The van der Waals surface area contributed by atoms with Crippen molar-refractivity contribution in [1.29, 1.82) is 0 Å². The molecular weight excluding hydrogens is 438 g/mol. The van der Waals surface area contributed by atoms with E-state index in [0.717, 1.165) is 52.1 Å². The summed E-state index contributed by atoms with van der Waals surface area (Å²) in [5, 5.41) is 2.95. The number of carbonyl (C=O) groups is 3. The molecule has 1 aliphatic carbocycles. The molecule has 1 N–H and O–H groups in total. The van der Waals surface area contributed by atoms with Crippen LogP contribution >= 0.6 is 0 Å². The number of halogens is 2. The van der Waals surface area contributed by atoms with E-state index in [2.05, 4.69) is 23.5 Å². The van der Waals surface area contributed by atoms with Gasteiger partial charge in [0.05, 0.1) is 11.7 Å². The summed E-state index contributed by atoms with van der Waals surface area (Å²) in [6.45, 7) is -0.282. The fourth-order valence-corrected chi connectivity index (χ4v) is 4.77. The van der Waals surface area contributed by atoms with Gasteiger partial charge in [-0.05, 0) is 59.7 Å². The smallest absolute Gasteiger partial charge is 0.295 e. The summed E-state index contributed by atoms with van der Waals surface area (Å²) in [7, 11) is 0. The lowest BCUT2D eigenvalue weighted by atomic mass is 9.85. The van der Waals surface area contributed by atoms with Crippen LogP contribution in [0.25, 0.3) is 11.1 Å². The molecule has 2 aliphatic rings. The van der Waals surface area contributed by atoms with Gasteiger partial charge in [0.25, 0.3) is 5.91 Å².